The lowest BCUT2D eigenvalue weighted by atomic mass is 10.2. The van der Waals surface area contributed by atoms with Gasteiger partial charge in [0.15, 0.2) is 0 Å². The molecule has 144 valence electrons. The third kappa shape index (κ3) is 5.54. The molecule has 0 radical (unpaired) electrons. The van der Waals surface area contributed by atoms with E-state index in [0.29, 0.717) is 0 Å². The number of benzene rings is 1. The van der Waals surface area contributed by atoms with Gasteiger partial charge in [0.05, 0.1) is 0 Å². The van der Waals surface area contributed by atoms with Crippen LogP contribution in [0.25, 0.3) is 0 Å². The topological polar surface area (TPSA) is 39.7 Å². The summed E-state index contributed by atoms with van der Waals surface area (Å²) in [5.41, 5.74) is 0.787. The van der Waals surface area contributed by atoms with E-state index in [2.05, 4.69) is 27.8 Å². The summed E-state index contributed by atoms with van der Waals surface area (Å²) in [5, 5.41) is 0. The van der Waals surface area contributed by atoms with Crippen LogP contribution in [0, 0.1) is 0 Å². The van der Waals surface area contributed by atoms with Crippen LogP contribution in [0.5, 0.6) is 0 Å². The van der Waals surface area contributed by atoms with E-state index >= 15 is 0 Å². The number of carbonyl (C=O) groups excluding carboxylic acids is 1. The lowest BCUT2D eigenvalue weighted by Crippen LogP contribution is -2.47. The largest absolute Gasteiger partial charge is 0.354 e. The van der Waals surface area contributed by atoms with Gasteiger partial charge in [-0.1, -0.05) is 31.2 Å². The summed E-state index contributed by atoms with van der Waals surface area (Å²) >= 11 is 0. The van der Waals surface area contributed by atoms with Gasteiger partial charge in [-0.05, 0) is 43.7 Å². The third-order valence-corrected chi connectivity index (χ3v) is 5.05. The van der Waals surface area contributed by atoms with Crippen LogP contribution in [0.3, 0.4) is 0 Å². The first-order chi connectivity index (χ1) is 13.3. The normalized spacial score (nSPS) is 14.9. The minimum Gasteiger partial charge on any atom is -0.354 e. The van der Waals surface area contributed by atoms with Crippen molar-refractivity contribution in [3.63, 3.8) is 0 Å². The van der Waals surface area contributed by atoms with Crippen molar-refractivity contribution < 1.29 is 4.79 Å². The second-order valence-corrected chi connectivity index (χ2v) is 7.03. The molecule has 5 nitrogen and oxygen atoms in total. The van der Waals surface area contributed by atoms with Crippen LogP contribution in [0.1, 0.15) is 30.1 Å². The molecule has 1 aromatic carbocycles. The average Bonchev–Trinajstić information content (AvgIpc) is 2.74. The quantitative estimate of drug-likeness (QED) is 0.720. The van der Waals surface area contributed by atoms with E-state index in [1.807, 2.05) is 53.6 Å². The van der Waals surface area contributed by atoms with Crippen molar-refractivity contribution in [3.05, 3.63) is 60.3 Å². The highest BCUT2D eigenvalue weighted by molar-refractivity contribution is 5.94. The number of rotatable bonds is 8. The third-order valence-electron chi connectivity index (χ3n) is 5.05. The molecule has 1 saturated heterocycles. The molecule has 3 rings (SSSR count). The Morgan fingerprint density at radius 1 is 1.00 bits per heavy atom. The molecule has 2 heterocycles. The van der Waals surface area contributed by atoms with Crippen LogP contribution in [0.2, 0.25) is 0 Å². The van der Waals surface area contributed by atoms with Gasteiger partial charge in [-0.3, -0.25) is 9.69 Å². The fourth-order valence-electron chi connectivity index (χ4n) is 3.57. The zero-order chi connectivity index (χ0) is 18.9. The molecule has 0 unspecified atom stereocenters. The molecule has 1 aliphatic heterocycles. The molecular formula is C22H30N4O. The summed E-state index contributed by atoms with van der Waals surface area (Å²) in [5.74, 6) is 1.22. The Morgan fingerprint density at radius 2 is 1.74 bits per heavy atom. The highest BCUT2D eigenvalue weighted by Gasteiger charge is 2.19. The zero-order valence-corrected chi connectivity index (χ0v) is 16.3. The Bertz CT molecular complexity index is 684. The van der Waals surface area contributed by atoms with E-state index in [1.165, 1.54) is 0 Å². The van der Waals surface area contributed by atoms with E-state index < -0.39 is 0 Å². The first-order valence-corrected chi connectivity index (χ1v) is 10.0. The lowest BCUT2D eigenvalue weighted by Gasteiger charge is -2.35. The number of anilines is 1. The molecule has 1 amide bonds. The molecule has 0 bridgehead atoms. The maximum Gasteiger partial charge on any atom is 0.253 e. The maximum absolute atomic E-state index is 12.7. The van der Waals surface area contributed by atoms with Gasteiger partial charge in [-0.2, -0.15) is 0 Å². The van der Waals surface area contributed by atoms with Gasteiger partial charge < -0.3 is 9.80 Å². The SMILES string of the molecule is CCCN(CCCN1CCN(c2ccccn2)CC1)C(=O)c1ccccc1. The van der Waals surface area contributed by atoms with E-state index in [1.54, 1.807) is 0 Å². The molecule has 1 aliphatic rings. The summed E-state index contributed by atoms with van der Waals surface area (Å²) in [6, 6.07) is 15.7. The van der Waals surface area contributed by atoms with Crippen molar-refractivity contribution >= 4 is 11.7 Å². The zero-order valence-electron chi connectivity index (χ0n) is 16.3. The van der Waals surface area contributed by atoms with Gasteiger partial charge in [-0.15, -0.1) is 0 Å². The van der Waals surface area contributed by atoms with E-state index in [9.17, 15) is 4.79 Å². The van der Waals surface area contributed by atoms with Crippen LogP contribution in [-0.2, 0) is 0 Å². The second-order valence-electron chi connectivity index (χ2n) is 7.03. The number of nitrogens with zero attached hydrogens (tertiary/aromatic N) is 4. The highest BCUT2D eigenvalue weighted by atomic mass is 16.2. The number of hydrogen-bond donors (Lipinski definition) is 0. The minimum absolute atomic E-state index is 0.150. The molecule has 0 atom stereocenters. The van der Waals surface area contributed by atoms with Crippen LogP contribution in [0.15, 0.2) is 54.7 Å². The van der Waals surface area contributed by atoms with Gasteiger partial charge in [0, 0.05) is 51.0 Å². The Labute approximate surface area is 162 Å². The summed E-state index contributed by atoms with van der Waals surface area (Å²) in [6.45, 7) is 8.94. The number of amides is 1. The van der Waals surface area contributed by atoms with Gasteiger partial charge in [-0.25, -0.2) is 4.98 Å². The van der Waals surface area contributed by atoms with E-state index in [4.69, 9.17) is 0 Å². The second kappa shape index (κ2) is 10.1. The summed E-state index contributed by atoms with van der Waals surface area (Å²) in [7, 11) is 0. The molecule has 1 fully saturated rings. The lowest BCUT2D eigenvalue weighted by molar-refractivity contribution is 0.0747. The average molecular weight is 367 g/mol. The molecule has 0 N–H and O–H groups in total. The van der Waals surface area contributed by atoms with E-state index in [-0.39, 0.29) is 5.91 Å². The minimum atomic E-state index is 0.150. The fourth-order valence-corrected chi connectivity index (χ4v) is 3.57. The molecular weight excluding hydrogens is 336 g/mol. The van der Waals surface area contributed by atoms with Crippen molar-refractivity contribution in [3.8, 4) is 0 Å². The predicted molar refractivity (Wildman–Crippen MR) is 110 cm³/mol. The Hall–Kier alpha value is -2.40. The molecule has 5 heteroatoms. The highest BCUT2D eigenvalue weighted by Crippen LogP contribution is 2.13. The Morgan fingerprint density at radius 3 is 2.41 bits per heavy atom. The Balaban J connectivity index is 1.43. The summed E-state index contributed by atoms with van der Waals surface area (Å²) in [4.78, 5) is 24.0. The maximum atomic E-state index is 12.7. The molecule has 2 aromatic rings. The number of carbonyl (C=O) groups is 1. The smallest absolute Gasteiger partial charge is 0.253 e. The molecule has 1 aromatic heterocycles. The first-order valence-electron chi connectivity index (χ1n) is 10.0. The molecule has 0 spiro atoms. The van der Waals surface area contributed by atoms with Gasteiger partial charge in [0.25, 0.3) is 5.91 Å². The molecule has 0 aliphatic carbocycles. The summed E-state index contributed by atoms with van der Waals surface area (Å²) < 4.78 is 0. The number of hydrogen-bond acceptors (Lipinski definition) is 4. The van der Waals surface area contributed by atoms with Crippen molar-refractivity contribution in [1.82, 2.24) is 14.8 Å². The Kier molecular flexibility index (Phi) is 7.22. The van der Waals surface area contributed by atoms with E-state index in [0.717, 1.165) is 70.0 Å². The monoisotopic (exact) mass is 366 g/mol. The van der Waals surface area contributed by atoms with Crippen LogP contribution >= 0.6 is 0 Å². The fraction of sp³-hybridized carbons (Fsp3) is 0.455. The van der Waals surface area contributed by atoms with Crippen LogP contribution in [-0.4, -0.2) is 66.5 Å². The molecule has 27 heavy (non-hydrogen) atoms. The van der Waals surface area contributed by atoms with Gasteiger partial charge in [0.1, 0.15) is 5.82 Å². The summed E-state index contributed by atoms with van der Waals surface area (Å²) in [6.07, 6.45) is 3.86. The number of piperazine rings is 1. The van der Waals surface area contributed by atoms with Crippen molar-refractivity contribution in [2.24, 2.45) is 0 Å². The number of aromatic nitrogens is 1. The van der Waals surface area contributed by atoms with Gasteiger partial charge >= 0.3 is 0 Å². The number of pyridine rings is 1. The first kappa shape index (κ1) is 19.4. The molecule has 0 saturated carbocycles. The van der Waals surface area contributed by atoms with Crippen molar-refractivity contribution in [2.75, 3.05) is 50.7 Å². The predicted octanol–water partition coefficient (Wildman–Crippen LogP) is 3.15. The van der Waals surface area contributed by atoms with Gasteiger partial charge in [0.2, 0.25) is 0 Å². The standard InChI is InChI=1S/C22H30N4O/c1-2-13-26(22(27)20-9-4-3-5-10-20)15-8-14-24-16-18-25(19-17-24)21-11-6-7-12-23-21/h3-7,9-12H,2,8,13-19H2,1H3. The van der Waals surface area contributed by atoms with Crippen molar-refractivity contribution in [1.29, 1.82) is 0 Å². The van der Waals surface area contributed by atoms with Crippen LogP contribution < -0.4 is 4.90 Å². The van der Waals surface area contributed by atoms with Crippen LogP contribution in [0.4, 0.5) is 5.82 Å². The van der Waals surface area contributed by atoms with Crippen molar-refractivity contribution in [2.45, 2.75) is 19.8 Å².